The molecule has 2 aromatic carbocycles. The minimum absolute atomic E-state index is 0. The van der Waals surface area contributed by atoms with E-state index in [2.05, 4.69) is 51.2 Å². The Hall–Kier alpha value is -2.88. The summed E-state index contributed by atoms with van der Waals surface area (Å²) in [5.41, 5.74) is 6.01. The number of aryl methyl sites for hydroxylation is 2. The summed E-state index contributed by atoms with van der Waals surface area (Å²) in [6.07, 6.45) is 0. The van der Waals surface area contributed by atoms with Gasteiger partial charge >= 0.3 is 0 Å². The van der Waals surface area contributed by atoms with Gasteiger partial charge in [-0.1, -0.05) is 30.3 Å². The summed E-state index contributed by atoms with van der Waals surface area (Å²) in [6, 6.07) is 17.8. The van der Waals surface area contributed by atoms with Gasteiger partial charge in [-0.15, -0.1) is 24.0 Å². The second-order valence-electron chi connectivity index (χ2n) is 7.30. The fourth-order valence-electron chi connectivity index (χ4n) is 3.36. The summed E-state index contributed by atoms with van der Waals surface area (Å²) in [5.74, 6) is 0.650. The number of hydrogen-bond acceptors (Lipinski definition) is 3. The molecule has 0 fully saturated rings. The molecule has 0 aliphatic carbocycles. The van der Waals surface area contributed by atoms with Gasteiger partial charge in [-0.2, -0.15) is 5.10 Å². The fourth-order valence-corrected chi connectivity index (χ4v) is 3.36. The quantitative estimate of drug-likeness (QED) is 0.240. The van der Waals surface area contributed by atoms with Gasteiger partial charge in [0, 0.05) is 37.9 Å². The highest BCUT2D eigenvalue weighted by molar-refractivity contribution is 14.0. The van der Waals surface area contributed by atoms with Crippen LogP contribution in [-0.2, 0) is 13.1 Å². The van der Waals surface area contributed by atoms with Gasteiger partial charge in [-0.3, -0.25) is 9.79 Å². The van der Waals surface area contributed by atoms with Crippen molar-refractivity contribution < 1.29 is 4.79 Å². The van der Waals surface area contributed by atoms with E-state index < -0.39 is 0 Å². The van der Waals surface area contributed by atoms with E-state index >= 15 is 0 Å². The van der Waals surface area contributed by atoms with Gasteiger partial charge in [0.1, 0.15) is 0 Å². The van der Waals surface area contributed by atoms with E-state index in [4.69, 9.17) is 0 Å². The number of aliphatic imine (C=N–C) groups is 1. The molecule has 0 aliphatic rings. The second kappa shape index (κ2) is 12.2. The molecule has 0 saturated carbocycles. The maximum Gasteiger partial charge on any atom is 0.251 e. The molecule has 7 nitrogen and oxygen atoms in total. The Morgan fingerprint density at radius 2 is 1.69 bits per heavy atom. The summed E-state index contributed by atoms with van der Waals surface area (Å²) in [6.45, 7) is 7.80. The maximum atomic E-state index is 11.9. The van der Waals surface area contributed by atoms with E-state index in [0.29, 0.717) is 31.2 Å². The first kappa shape index (κ1) is 25.4. The van der Waals surface area contributed by atoms with Crippen LogP contribution >= 0.6 is 24.0 Å². The van der Waals surface area contributed by atoms with Gasteiger partial charge in [-0.05, 0) is 56.2 Å². The van der Waals surface area contributed by atoms with Crippen LogP contribution in [0, 0.1) is 13.8 Å². The number of nitrogens with zero attached hydrogens (tertiary/aromatic N) is 3. The molecule has 0 saturated heterocycles. The molecule has 1 aromatic heterocycles. The zero-order chi connectivity index (χ0) is 22.2. The van der Waals surface area contributed by atoms with Crippen LogP contribution in [0.1, 0.15) is 39.8 Å². The number of hydrogen-bond donors (Lipinski definition) is 3. The lowest BCUT2D eigenvalue weighted by molar-refractivity contribution is 0.0956. The van der Waals surface area contributed by atoms with E-state index in [1.165, 1.54) is 0 Å². The van der Waals surface area contributed by atoms with Crippen molar-refractivity contribution in [2.45, 2.75) is 33.9 Å². The average Bonchev–Trinajstić information content (AvgIpc) is 3.12. The normalized spacial score (nSPS) is 10.9. The van der Waals surface area contributed by atoms with Crippen molar-refractivity contribution in [3.8, 4) is 5.69 Å². The van der Waals surface area contributed by atoms with Gasteiger partial charge < -0.3 is 16.0 Å². The highest BCUT2D eigenvalue weighted by Crippen LogP contribution is 2.17. The van der Waals surface area contributed by atoms with Crippen molar-refractivity contribution in [1.82, 2.24) is 25.7 Å². The summed E-state index contributed by atoms with van der Waals surface area (Å²) in [4.78, 5) is 16.2. The molecule has 0 aliphatic heterocycles. The monoisotopic (exact) mass is 546 g/mol. The van der Waals surface area contributed by atoms with E-state index in [1.807, 2.05) is 54.9 Å². The lowest BCUT2D eigenvalue weighted by Crippen LogP contribution is -2.36. The van der Waals surface area contributed by atoms with Crippen LogP contribution in [0.15, 0.2) is 59.6 Å². The van der Waals surface area contributed by atoms with Crippen LogP contribution in [0.2, 0.25) is 0 Å². The van der Waals surface area contributed by atoms with E-state index in [9.17, 15) is 4.79 Å². The topological polar surface area (TPSA) is 83.3 Å². The highest BCUT2D eigenvalue weighted by atomic mass is 127. The maximum absolute atomic E-state index is 11.9. The van der Waals surface area contributed by atoms with Gasteiger partial charge in [-0.25, -0.2) is 4.68 Å². The number of rotatable bonds is 7. The molecule has 0 spiro atoms. The molecule has 0 atom stereocenters. The number of amides is 1. The molecule has 1 amide bonds. The first-order chi connectivity index (χ1) is 15.0. The van der Waals surface area contributed by atoms with Crippen molar-refractivity contribution in [2.24, 2.45) is 4.99 Å². The van der Waals surface area contributed by atoms with E-state index in [-0.39, 0.29) is 29.9 Å². The predicted octanol–water partition coefficient (Wildman–Crippen LogP) is 3.72. The summed E-state index contributed by atoms with van der Waals surface area (Å²) in [5, 5.41) is 14.1. The number of halogens is 1. The molecule has 3 N–H and O–H groups in total. The third kappa shape index (κ3) is 6.56. The average molecular weight is 546 g/mol. The van der Waals surface area contributed by atoms with Crippen molar-refractivity contribution in [1.29, 1.82) is 0 Å². The number of para-hydroxylation sites is 1. The van der Waals surface area contributed by atoms with Crippen LogP contribution in [0.4, 0.5) is 0 Å². The van der Waals surface area contributed by atoms with Crippen molar-refractivity contribution in [3.63, 3.8) is 0 Å². The van der Waals surface area contributed by atoms with Crippen LogP contribution < -0.4 is 16.0 Å². The molecular weight excluding hydrogens is 515 g/mol. The number of nitrogens with one attached hydrogen (secondary N) is 3. The van der Waals surface area contributed by atoms with Crippen molar-refractivity contribution >= 4 is 35.8 Å². The largest absolute Gasteiger partial charge is 0.352 e. The van der Waals surface area contributed by atoms with E-state index in [0.717, 1.165) is 28.2 Å². The van der Waals surface area contributed by atoms with Gasteiger partial charge in [0.2, 0.25) is 0 Å². The lowest BCUT2D eigenvalue weighted by atomic mass is 10.1. The molecule has 8 heteroatoms. The number of benzene rings is 2. The van der Waals surface area contributed by atoms with Crippen LogP contribution in [0.25, 0.3) is 5.69 Å². The standard InChI is InChI=1S/C24H30N6O.HI/c1-5-26-23(31)20-12-10-19(11-13-20)15-27-24(25-4)28-16-21-8-6-7-9-22(21)30-18(3)14-17(2)29-30;/h6-14H,5,15-16H2,1-4H3,(H,26,31)(H2,25,27,28);1H. The Labute approximate surface area is 206 Å². The molecule has 1 heterocycles. The SMILES string of the molecule is CCNC(=O)c1ccc(CNC(=NC)NCc2ccccc2-n2nc(C)cc2C)cc1.I. The first-order valence-electron chi connectivity index (χ1n) is 10.4. The Bertz CT molecular complexity index is 1060. The summed E-state index contributed by atoms with van der Waals surface area (Å²) < 4.78 is 1.97. The zero-order valence-electron chi connectivity index (χ0n) is 19.0. The van der Waals surface area contributed by atoms with Gasteiger partial charge in [0.25, 0.3) is 5.91 Å². The number of carbonyl (C=O) groups excluding carboxylic acids is 1. The smallest absolute Gasteiger partial charge is 0.251 e. The van der Waals surface area contributed by atoms with Crippen LogP contribution in [0.3, 0.4) is 0 Å². The zero-order valence-corrected chi connectivity index (χ0v) is 21.3. The highest BCUT2D eigenvalue weighted by Gasteiger charge is 2.09. The van der Waals surface area contributed by atoms with Crippen molar-refractivity contribution in [3.05, 3.63) is 82.7 Å². The van der Waals surface area contributed by atoms with Crippen molar-refractivity contribution in [2.75, 3.05) is 13.6 Å². The van der Waals surface area contributed by atoms with Gasteiger partial charge in [0.15, 0.2) is 5.96 Å². The first-order valence-corrected chi connectivity index (χ1v) is 10.4. The van der Waals surface area contributed by atoms with E-state index in [1.54, 1.807) is 7.05 Å². The molecular formula is C24H31IN6O. The second-order valence-corrected chi connectivity index (χ2v) is 7.30. The minimum atomic E-state index is -0.0548. The number of guanidine groups is 1. The summed E-state index contributed by atoms with van der Waals surface area (Å²) in [7, 11) is 1.75. The van der Waals surface area contributed by atoms with Crippen LogP contribution in [-0.4, -0.2) is 35.2 Å². The molecule has 32 heavy (non-hydrogen) atoms. The number of aromatic nitrogens is 2. The third-order valence-electron chi connectivity index (χ3n) is 4.91. The molecule has 170 valence electrons. The predicted molar refractivity (Wildman–Crippen MR) is 140 cm³/mol. The Balaban J connectivity index is 0.00000363. The number of carbonyl (C=O) groups is 1. The minimum Gasteiger partial charge on any atom is -0.352 e. The Morgan fingerprint density at radius 3 is 2.31 bits per heavy atom. The Morgan fingerprint density at radius 1 is 1.00 bits per heavy atom. The summed E-state index contributed by atoms with van der Waals surface area (Å²) >= 11 is 0. The lowest BCUT2D eigenvalue weighted by Gasteiger charge is -2.15. The Kier molecular flexibility index (Phi) is 9.70. The third-order valence-corrected chi connectivity index (χ3v) is 4.91. The molecule has 3 aromatic rings. The molecule has 0 radical (unpaired) electrons. The van der Waals surface area contributed by atoms with Crippen LogP contribution in [0.5, 0.6) is 0 Å². The fraction of sp³-hybridized carbons (Fsp3) is 0.292. The molecule has 0 bridgehead atoms. The molecule has 0 unspecified atom stereocenters. The molecule has 3 rings (SSSR count). The van der Waals surface area contributed by atoms with Gasteiger partial charge in [0.05, 0.1) is 11.4 Å².